The lowest BCUT2D eigenvalue weighted by atomic mass is 9.92. The van der Waals surface area contributed by atoms with E-state index in [1.54, 1.807) is 24.3 Å². The molecule has 1 atom stereocenters. The zero-order chi connectivity index (χ0) is 24.2. The van der Waals surface area contributed by atoms with Gasteiger partial charge in [-0.15, -0.1) is 0 Å². The highest BCUT2D eigenvalue weighted by molar-refractivity contribution is 6.10. The fourth-order valence-corrected chi connectivity index (χ4v) is 5.21. The molecule has 0 radical (unpaired) electrons. The van der Waals surface area contributed by atoms with Crippen molar-refractivity contribution in [2.45, 2.75) is 12.5 Å². The summed E-state index contributed by atoms with van der Waals surface area (Å²) in [7, 11) is 0. The molecule has 2 amide bonds. The van der Waals surface area contributed by atoms with Crippen molar-refractivity contribution in [2.24, 2.45) is 0 Å². The lowest BCUT2D eigenvalue weighted by molar-refractivity contribution is 0.0845. The molecule has 36 heavy (non-hydrogen) atoms. The van der Waals surface area contributed by atoms with Gasteiger partial charge in [0.1, 0.15) is 5.69 Å². The second kappa shape index (κ2) is 7.84. The standard InChI is InChI=1S/C28H20N4O4/c33-27(31-28(34)21-7-3-4-11-29-21)18-10-12-32-22(18)14-19-17-5-1-2-6-20(17)30-25(19)26(32)16-8-9-23-24(13-16)36-15-35-23/h1-13,26,30H,14-15H2,(H,31,33,34). The summed E-state index contributed by atoms with van der Waals surface area (Å²) in [5, 5.41) is 3.61. The Bertz CT molecular complexity index is 1670. The molecule has 176 valence electrons. The fraction of sp³-hybridized carbons (Fsp3) is 0.107. The van der Waals surface area contributed by atoms with E-state index in [0.29, 0.717) is 23.5 Å². The zero-order valence-electron chi connectivity index (χ0n) is 19.0. The maximum atomic E-state index is 13.3. The summed E-state index contributed by atoms with van der Waals surface area (Å²) in [5.41, 5.74) is 5.72. The quantitative estimate of drug-likeness (QED) is 0.373. The second-order valence-corrected chi connectivity index (χ2v) is 8.84. The number of imide groups is 1. The second-order valence-electron chi connectivity index (χ2n) is 8.84. The summed E-state index contributed by atoms with van der Waals surface area (Å²) < 4.78 is 13.2. The van der Waals surface area contributed by atoms with Crippen molar-refractivity contribution in [1.82, 2.24) is 19.9 Å². The molecular weight excluding hydrogens is 456 g/mol. The highest BCUT2D eigenvalue weighted by Gasteiger charge is 2.33. The number of hydrogen-bond donors (Lipinski definition) is 2. The van der Waals surface area contributed by atoms with Gasteiger partial charge in [0.2, 0.25) is 6.79 Å². The fourth-order valence-electron chi connectivity index (χ4n) is 5.21. The molecule has 2 aliphatic rings. The number of hydrogen-bond acceptors (Lipinski definition) is 5. The third kappa shape index (κ3) is 3.11. The Morgan fingerprint density at radius 3 is 2.72 bits per heavy atom. The third-order valence-electron chi connectivity index (χ3n) is 6.85. The molecule has 0 saturated carbocycles. The minimum absolute atomic E-state index is 0.191. The Morgan fingerprint density at radius 1 is 0.972 bits per heavy atom. The van der Waals surface area contributed by atoms with Gasteiger partial charge in [0.05, 0.1) is 11.6 Å². The maximum absolute atomic E-state index is 13.3. The number of para-hydroxylation sites is 1. The molecule has 2 aliphatic heterocycles. The number of pyridine rings is 1. The predicted octanol–water partition coefficient (Wildman–Crippen LogP) is 4.21. The molecular formula is C28H20N4O4. The molecule has 2 N–H and O–H groups in total. The van der Waals surface area contributed by atoms with Gasteiger partial charge in [-0.25, -0.2) is 0 Å². The molecule has 0 fully saturated rings. The van der Waals surface area contributed by atoms with E-state index in [4.69, 9.17) is 9.47 Å². The van der Waals surface area contributed by atoms with Crippen LogP contribution in [-0.4, -0.2) is 33.1 Å². The van der Waals surface area contributed by atoms with Crippen LogP contribution in [0.4, 0.5) is 0 Å². The molecule has 0 aliphatic carbocycles. The molecule has 5 heterocycles. The Morgan fingerprint density at radius 2 is 1.83 bits per heavy atom. The number of carbonyl (C=O) groups is 2. The number of carbonyl (C=O) groups excluding carboxylic acids is 2. The molecule has 0 spiro atoms. The molecule has 0 saturated heterocycles. The highest BCUT2D eigenvalue weighted by Crippen LogP contribution is 2.43. The number of nitrogens with one attached hydrogen (secondary N) is 2. The minimum atomic E-state index is -0.531. The highest BCUT2D eigenvalue weighted by atomic mass is 16.7. The smallest absolute Gasteiger partial charge is 0.276 e. The summed E-state index contributed by atoms with van der Waals surface area (Å²) in [6.07, 6.45) is 3.97. The molecule has 3 aromatic heterocycles. The van der Waals surface area contributed by atoms with Crippen LogP contribution in [-0.2, 0) is 6.42 Å². The van der Waals surface area contributed by atoms with Gasteiger partial charge < -0.3 is 19.0 Å². The van der Waals surface area contributed by atoms with Crippen molar-refractivity contribution in [3.63, 3.8) is 0 Å². The van der Waals surface area contributed by atoms with Gasteiger partial charge in [0, 0.05) is 41.1 Å². The summed E-state index contributed by atoms with van der Waals surface area (Å²) >= 11 is 0. The lowest BCUT2D eigenvalue weighted by Crippen LogP contribution is -2.32. The van der Waals surface area contributed by atoms with E-state index in [2.05, 4.69) is 32.0 Å². The van der Waals surface area contributed by atoms with Crippen molar-refractivity contribution < 1.29 is 19.1 Å². The SMILES string of the molecule is O=C(NC(=O)c1ccn2c1Cc1c([nH]c3ccccc13)C2c1ccc2c(c1)OCO2)c1ccccn1. The van der Waals surface area contributed by atoms with Crippen LogP contribution in [0.5, 0.6) is 11.5 Å². The van der Waals surface area contributed by atoms with Gasteiger partial charge in [-0.2, -0.15) is 0 Å². The Kier molecular flexibility index (Phi) is 4.47. The largest absolute Gasteiger partial charge is 0.454 e. The first-order valence-electron chi connectivity index (χ1n) is 11.6. The van der Waals surface area contributed by atoms with Crippen molar-refractivity contribution >= 4 is 22.7 Å². The molecule has 7 rings (SSSR count). The first-order chi connectivity index (χ1) is 17.7. The molecule has 1 unspecified atom stereocenters. The Balaban J connectivity index is 1.34. The Hall–Kier alpha value is -4.85. The van der Waals surface area contributed by atoms with Crippen LogP contribution < -0.4 is 14.8 Å². The van der Waals surface area contributed by atoms with Gasteiger partial charge >= 0.3 is 0 Å². The minimum Gasteiger partial charge on any atom is -0.454 e. The summed E-state index contributed by atoms with van der Waals surface area (Å²) in [5.74, 6) is 0.430. The van der Waals surface area contributed by atoms with Crippen LogP contribution in [0.1, 0.15) is 49.4 Å². The zero-order valence-corrected chi connectivity index (χ0v) is 19.0. The van der Waals surface area contributed by atoms with E-state index in [0.717, 1.165) is 33.4 Å². The van der Waals surface area contributed by atoms with E-state index in [1.165, 1.54) is 6.20 Å². The third-order valence-corrected chi connectivity index (χ3v) is 6.85. The number of amides is 2. The van der Waals surface area contributed by atoms with E-state index in [1.807, 2.05) is 36.5 Å². The van der Waals surface area contributed by atoms with Gasteiger partial charge in [-0.3, -0.25) is 19.9 Å². The number of benzene rings is 2. The predicted molar refractivity (Wildman–Crippen MR) is 131 cm³/mol. The molecule has 0 bridgehead atoms. The lowest BCUT2D eigenvalue weighted by Gasteiger charge is -2.28. The van der Waals surface area contributed by atoms with Crippen LogP contribution in [0.3, 0.4) is 0 Å². The van der Waals surface area contributed by atoms with Crippen molar-refractivity contribution in [2.75, 3.05) is 6.79 Å². The summed E-state index contributed by atoms with van der Waals surface area (Å²) in [6, 6.07) is 20.6. The van der Waals surface area contributed by atoms with Crippen molar-refractivity contribution in [3.8, 4) is 11.5 Å². The summed E-state index contributed by atoms with van der Waals surface area (Å²) in [6.45, 7) is 0.199. The van der Waals surface area contributed by atoms with Gasteiger partial charge in [-0.05, 0) is 47.5 Å². The number of ether oxygens (including phenoxy) is 2. The van der Waals surface area contributed by atoms with Crippen LogP contribution in [0.15, 0.2) is 79.1 Å². The van der Waals surface area contributed by atoms with Crippen LogP contribution >= 0.6 is 0 Å². The average molecular weight is 476 g/mol. The summed E-state index contributed by atoms with van der Waals surface area (Å²) in [4.78, 5) is 33.5. The van der Waals surface area contributed by atoms with E-state index in [-0.39, 0.29) is 18.5 Å². The average Bonchev–Trinajstić information content (AvgIpc) is 3.64. The van der Waals surface area contributed by atoms with E-state index >= 15 is 0 Å². The van der Waals surface area contributed by atoms with E-state index in [9.17, 15) is 9.59 Å². The number of nitrogens with zero attached hydrogens (tertiary/aromatic N) is 2. The van der Waals surface area contributed by atoms with Crippen molar-refractivity contribution in [1.29, 1.82) is 0 Å². The van der Waals surface area contributed by atoms with Crippen LogP contribution in [0.2, 0.25) is 0 Å². The number of aromatic nitrogens is 3. The normalized spacial score (nSPS) is 15.4. The monoisotopic (exact) mass is 476 g/mol. The number of H-pyrrole nitrogens is 1. The van der Waals surface area contributed by atoms with Gasteiger partial charge in [0.25, 0.3) is 11.8 Å². The van der Waals surface area contributed by atoms with Crippen LogP contribution in [0.25, 0.3) is 10.9 Å². The number of rotatable bonds is 3. The van der Waals surface area contributed by atoms with Gasteiger partial charge in [-0.1, -0.05) is 30.3 Å². The van der Waals surface area contributed by atoms with E-state index < -0.39 is 11.8 Å². The molecule has 8 heteroatoms. The Labute approximate surface area is 205 Å². The first-order valence-corrected chi connectivity index (χ1v) is 11.6. The number of aromatic amines is 1. The number of fused-ring (bicyclic) bond motifs is 5. The first kappa shape index (κ1) is 20.5. The van der Waals surface area contributed by atoms with Crippen LogP contribution in [0, 0.1) is 0 Å². The van der Waals surface area contributed by atoms with Gasteiger partial charge in [0.15, 0.2) is 11.5 Å². The molecule has 5 aromatic rings. The maximum Gasteiger partial charge on any atom is 0.276 e. The topological polar surface area (TPSA) is 98.2 Å². The molecule has 8 nitrogen and oxygen atoms in total. The molecule has 2 aromatic carbocycles. The van der Waals surface area contributed by atoms with Crippen molar-refractivity contribution in [3.05, 3.63) is 113 Å².